The third kappa shape index (κ3) is 3.09. The minimum absolute atomic E-state index is 0.0878. The minimum atomic E-state index is -3.09. The highest BCUT2D eigenvalue weighted by Crippen LogP contribution is 2.20. The van der Waals surface area contributed by atoms with Gasteiger partial charge in [-0.25, -0.2) is 17.7 Å². The summed E-state index contributed by atoms with van der Waals surface area (Å²) < 4.78 is 26.5. The van der Waals surface area contributed by atoms with E-state index >= 15 is 0 Å². The first-order valence-electron chi connectivity index (χ1n) is 6.06. The molecule has 2 heterocycles. The monoisotopic (exact) mass is 273 g/mol. The minimum Gasteiger partial charge on any atom is -0.388 e. The van der Waals surface area contributed by atoms with E-state index in [9.17, 15) is 8.42 Å². The molecule has 2 rings (SSSR count). The lowest BCUT2D eigenvalue weighted by Gasteiger charge is -2.31. The molecule has 1 N–H and O–H groups in total. The molecule has 0 spiro atoms. The van der Waals surface area contributed by atoms with E-state index in [4.69, 9.17) is 5.11 Å². The molecule has 1 atom stereocenters. The Hall–Kier alpha value is -0.920. The van der Waals surface area contributed by atoms with Crippen molar-refractivity contribution in [1.29, 1.82) is 0 Å². The van der Waals surface area contributed by atoms with Gasteiger partial charge in [-0.05, 0) is 18.8 Å². The van der Waals surface area contributed by atoms with Crippen LogP contribution in [0.25, 0.3) is 0 Å². The summed E-state index contributed by atoms with van der Waals surface area (Å²) in [4.78, 5) is 4.05. The van der Waals surface area contributed by atoms with Crippen LogP contribution in [0.15, 0.2) is 12.4 Å². The second kappa shape index (κ2) is 5.38. The number of piperidine rings is 1. The number of aliphatic hydroxyl groups excluding tert-OH is 1. The zero-order valence-corrected chi connectivity index (χ0v) is 11.3. The van der Waals surface area contributed by atoms with Crippen LogP contribution in [0, 0.1) is 5.92 Å². The fourth-order valence-corrected chi connectivity index (χ4v) is 3.36. The molecule has 18 heavy (non-hydrogen) atoms. The van der Waals surface area contributed by atoms with E-state index in [1.165, 1.54) is 10.6 Å². The van der Waals surface area contributed by atoms with Crippen molar-refractivity contribution in [2.45, 2.75) is 26.0 Å². The molecule has 6 nitrogen and oxygen atoms in total. The summed E-state index contributed by atoms with van der Waals surface area (Å²) in [6.07, 6.45) is 6.63. The molecule has 0 aliphatic carbocycles. The maximum Gasteiger partial charge on any atom is 0.211 e. The maximum absolute atomic E-state index is 11.5. The summed E-state index contributed by atoms with van der Waals surface area (Å²) in [6, 6.07) is 0. The highest BCUT2D eigenvalue weighted by molar-refractivity contribution is 7.88. The fourth-order valence-electron chi connectivity index (χ4n) is 2.41. The lowest BCUT2D eigenvalue weighted by molar-refractivity contribution is 0.231. The third-order valence-corrected chi connectivity index (χ3v) is 4.62. The van der Waals surface area contributed by atoms with Crippen molar-refractivity contribution in [2.75, 3.05) is 19.3 Å². The van der Waals surface area contributed by atoms with Gasteiger partial charge in [0.25, 0.3) is 0 Å². The van der Waals surface area contributed by atoms with E-state index in [1.54, 1.807) is 6.20 Å². The topological polar surface area (TPSA) is 75.4 Å². The van der Waals surface area contributed by atoms with Crippen LogP contribution >= 0.6 is 0 Å². The Morgan fingerprint density at radius 2 is 2.33 bits per heavy atom. The Labute approximate surface area is 107 Å². The molecule has 1 saturated heterocycles. The van der Waals surface area contributed by atoms with Crippen LogP contribution in [0.1, 0.15) is 18.7 Å². The largest absolute Gasteiger partial charge is 0.388 e. The molecule has 1 aromatic rings. The smallest absolute Gasteiger partial charge is 0.211 e. The van der Waals surface area contributed by atoms with E-state index in [1.807, 2.05) is 10.8 Å². The average Bonchev–Trinajstić information content (AvgIpc) is 2.75. The van der Waals surface area contributed by atoms with Crippen LogP contribution in [-0.4, -0.2) is 46.7 Å². The Morgan fingerprint density at radius 3 is 3.00 bits per heavy atom. The first-order valence-corrected chi connectivity index (χ1v) is 7.91. The number of aliphatic hydroxyl groups is 1. The molecule has 102 valence electrons. The lowest BCUT2D eigenvalue weighted by Crippen LogP contribution is -2.40. The summed E-state index contributed by atoms with van der Waals surface area (Å²) >= 11 is 0. The number of sulfonamides is 1. The van der Waals surface area contributed by atoms with Gasteiger partial charge in [0.2, 0.25) is 10.0 Å². The molecule has 0 bridgehead atoms. The number of aromatic nitrogens is 2. The lowest BCUT2D eigenvalue weighted by atomic mass is 9.99. The molecule has 0 amide bonds. The van der Waals surface area contributed by atoms with Crippen molar-refractivity contribution < 1.29 is 13.5 Å². The fraction of sp³-hybridized carbons (Fsp3) is 0.727. The number of hydrogen-bond acceptors (Lipinski definition) is 4. The molecule has 1 aliphatic rings. The van der Waals surface area contributed by atoms with Gasteiger partial charge in [0.15, 0.2) is 0 Å². The molecule has 0 aromatic carbocycles. The van der Waals surface area contributed by atoms with Crippen LogP contribution in [0.4, 0.5) is 0 Å². The standard InChI is InChI=1S/C11H19N3O3S/c1-18(16,17)14-5-2-3-10(8-14)7-13-6-4-12-11(13)9-15/h4,6,10,15H,2-3,5,7-9H2,1H3. The summed E-state index contributed by atoms with van der Waals surface area (Å²) in [5, 5.41) is 9.13. The Balaban J connectivity index is 2.02. The molecule has 1 aromatic heterocycles. The van der Waals surface area contributed by atoms with Gasteiger partial charge in [-0.15, -0.1) is 0 Å². The van der Waals surface area contributed by atoms with Crippen molar-refractivity contribution in [3.05, 3.63) is 18.2 Å². The van der Waals surface area contributed by atoms with Gasteiger partial charge < -0.3 is 9.67 Å². The normalized spacial score (nSPS) is 22.2. The molecule has 0 saturated carbocycles. The number of rotatable bonds is 4. The van der Waals surface area contributed by atoms with Crippen LogP contribution in [-0.2, 0) is 23.2 Å². The van der Waals surface area contributed by atoms with E-state index in [-0.39, 0.29) is 12.5 Å². The van der Waals surface area contributed by atoms with Crippen LogP contribution in [0.3, 0.4) is 0 Å². The van der Waals surface area contributed by atoms with E-state index in [0.717, 1.165) is 12.8 Å². The second-order valence-electron chi connectivity index (χ2n) is 4.78. The summed E-state index contributed by atoms with van der Waals surface area (Å²) in [7, 11) is -3.09. The van der Waals surface area contributed by atoms with E-state index < -0.39 is 10.0 Å². The quantitative estimate of drug-likeness (QED) is 0.841. The number of imidazole rings is 1. The first kappa shape index (κ1) is 13.5. The van der Waals surface area contributed by atoms with Crippen LogP contribution < -0.4 is 0 Å². The van der Waals surface area contributed by atoms with Crippen molar-refractivity contribution in [3.63, 3.8) is 0 Å². The molecular formula is C11H19N3O3S. The van der Waals surface area contributed by atoms with E-state index in [0.29, 0.717) is 25.5 Å². The molecule has 1 aliphatic heterocycles. The van der Waals surface area contributed by atoms with Crippen LogP contribution in [0.5, 0.6) is 0 Å². The van der Waals surface area contributed by atoms with Gasteiger partial charge in [0.1, 0.15) is 12.4 Å². The number of nitrogens with zero attached hydrogens (tertiary/aromatic N) is 3. The highest BCUT2D eigenvalue weighted by Gasteiger charge is 2.26. The SMILES string of the molecule is CS(=O)(=O)N1CCCC(Cn2ccnc2CO)C1. The molecular weight excluding hydrogens is 254 g/mol. The summed E-state index contributed by atoms with van der Waals surface area (Å²) in [6.45, 7) is 1.80. The Morgan fingerprint density at radius 1 is 1.56 bits per heavy atom. The highest BCUT2D eigenvalue weighted by atomic mass is 32.2. The van der Waals surface area contributed by atoms with Crippen LogP contribution in [0.2, 0.25) is 0 Å². The average molecular weight is 273 g/mol. The maximum atomic E-state index is 11.5. The molecule has 1 unspecified atom stereocenters. The van der Waals surface area contributed by atoms with Crippen molar-refractivity contribution in [1.82, 2.24) is 13.9 Å². The van der Waals surface area contributed by atoms with Crippen molar-refractivity contribution in [3.8, 4) is 0 Å². The summed E-state index contributed by atoms with van der Waals surface area (Å²) in [5.74, 6) is 0.916. The molecule has 7 heteroatoms. The zero-order chi connectivity index (χ0) is 13.2. The van der Waals surface area contributed by atoms with Gasteiger partial charge in [0, 0.05) is 32.0 Å². The Bertz CT molecular complexity index is 497. The third-order valence-electron chi connectivity index (χ3n) is 3.35. The predicted molar refractivity (Wildman–Crippen MR) is 67.3 cm³/mol. The van der Waals surface area contributed by atoms with Gasteiger partial charge in [-0.1, -0.05) is 0 Å². The predicted octanol–water partition coefficient (Wildman–Crippen LogP) is 0.0470. The van der Waals surface area contributed by atoms with Gasteiger partial charge in [-0.3, -0.25) is 0 Å². The molecule has 0 radical (unpaired) electrons. The zero-order valence-electron chi connectivity index (χ0n) is 10.5. The summed E-state index contributed by atoms with van der Waals surface area (Å²) in [5.41, 5.74) is 0. The van der Waals surface area contributed by atoms with Gasteiger partial charge >= 0.3 is 0 Å². The first-order chi connectivity index (χ1) is 8.50. The number of hydrogen-bond donors (Lipinski definition) is 1. The van der Waals surface area contributed by atoms with Crippen molar-refractivity contribution >= 4 is 10.0 Å². The second-order valence-corrected chi connectivity index (χ2v) is 6.77. The molecule has 1 fully saturated rings. The Kier molecular flexibility index (Phi) is 4.04. The van der Waals surface area contributed by atoms with Gasteiger partial charge in [-0.2, -0.15) is 0 Å². The van der Waals surface area contributed by atoms with Gasteiger partial charge in [0.05, 0.1) is 6.26 Å². The van der Waals surface area contributed by atoms with Crippen molar-refractivity contribution in [2.24, 2.45) is 5.92 Å². The van der Waals surface area contributed by atoms with E-state index in [2.05, 4.69) is 4.98 Å².